The average molecular weight is 294 g/mol. The molecular formula is C15H19FN2O3. The lowest BCUT2D eigenvalue weighted by Gasteiger charge is -2.26. The number of imide groups is 1. The van der Waals surface area contributed by atoms with Crippen molar-refractivity contribution in [2.45, 2.75) is 32.4 Å². The van der Waals surface area contributed by atoms with Crippen LogP contribution in [-0.2, 0) is 4.79 Å². The highest BCUT2D eigenvalue weighted by atomic mass is 19.1. The second-order valence-corrected chi connectivity index (χ2v) is 5.77. The zero-order valence-electron chi connectivity index (χ0n) is 12.3. The lowest BCUT2D eigenvalue weighted by atomic mass is 9.88. The monoisotopic (exact) mass is 294 g/mol. The minimum Gasteiger partial charge on any atom is -0.387 e. The number of carbonyl (C=O) groups is 2. The van der Waals surface area contributed by atoms with E-state index in [1.165, 1.54) is 18.2 Å². The highest BCUT2D eigenvalue weighted by molar-refractivity contribution is 6.07. The van der Waals surface area contributed by atoms with Crippen molar-refractivity contribution in [1.82, 2.24) is 10.2 Å². The number of carbonyl (C=O) groups excluding carboxylic acids is 2. The quantitative estimate of drug-likeness (QED) is 0.832. The third-order valence-corrected chi connectivity index (χ3v) is 4.04. The highest BCUT2D eigenvalue weighted by Crippen LogP contribution is 2.27. The molecule has 2 atom stereocenters. The van der Waals surface area contributed by atoms with Gasteiger partial charge in [-0.25, -0.2) is 9.18 Å². The minimum atomic E-state index is -1.12. The summed E-state index contributed by atoms with van der Waals surface area (Å²) in [5, 5.41) is 12.8. The molecule has 0 spiro atoms. The Bertz CT molecular complexity index is 576. The number of amides is 3. The van der Waals surface area contributed by atoms with Crippen molar-refractivity contribution in [3.8, 4) is 0 Å². The summed E-state index contributed by atoms with van der Waals surface area (Å²) in [5.41, 5.74) is -0.646. The molecule has 1 aromatic carbocycles. The molecule has 0 unspecified atom stereocenters. The van der Waals surface area contributed by atoms with Crippen LogP contribution in [0, 0.1) is 11.7 Å². The smallest absolute Gasteiger partial charge is 0.325 e. The Labute approximate surface area is 122 Å². The maximum atomic E-state index is 13.2. The number of urea groups is 1. The maximum Gasteiger partial charge on any atom is 0.325 e. The molecule has 2 N–H and O–H groups in total. The van der Waals surface area contributed by atoms with Crippen molar-refractivity contribution >= 4 is 11.9 Å². The molecule has 114 valence electrons. The van der Waals surface area contributed by atoms with Crippen molar-refractivity contribution in [2.75, 3.05) is 6.54 Å². The van der Waals surface area contributed by atoms with Crippen LogP contribution >= 0.6 is 0 Å². The van der Waals surface area contributed by atoms with E-state index in [1.54, 1.807) is 13.0 Å². The second-order valence-electron chi connectivity index (χ2n) is 5.77. The van der Waals surface area contributed by atoms with Gasteiger partial charge in [0.25, 0.3) is 5.91 Å². The van der Waals surface area contributed by atoms with Gasteiger partial charge in [-0.05, 0) is 30.5 Å². The van der Waals surface area contributed by atoms with Crippen LogP contribution < -0.4 is 5.32 Å². The highest BCUT2D eigenvalue weighted by Gasteiger charge is 2.49. The summed E-state index contributed by atoms with van der Waals surface area (Å²) in [6.07, 6.45) is -1.12. The first kappa shape index (κ1) is 15.4. The summed E-state index contributed by atoms with van der Waals surface area (Å²) in [6.45, 7) is 5.14. The standard InChI is InChI=1S/C15H19FN2O3/c1-9(2)15(3)13(20)18(14(21)17-15)8-12(19)10-5-4-6-11(16)7-10/h4-7,9,12,19H,8H2,1-3H3,(H,17,21)/t12-,15-/m0/s1. The molecular weight excluding hydrogens is 275 g/mol. The summed E-state index contributed by atoms with van der Waals surface area (Å²) >= 11 is 0. The van der Waals surface area contributed by atoms with E-state index in [-0.39, 0.29) is 18.4 Å². The summed E-state index contributed by atoms with van der Waals surface area (Å²) in [6, 6.07) is 4.93. The Morgan fingerprint density at radius 3 is 2.57 bits per heavy atom. The maximum absolute atomic E-state index is 13.2. The summed E-state index contributed by atoms with van der Waals surface area (Å²) in [4.78, 5) is 25.3. The third-order valence-electron chi connectivity index (χ3n) is 4.04. The van der Waals surface area contributed by atoms with Crippen LogP contribution in [0.5, 0.6) is 0 Å². The number of hydrogen-bond acceptors (Lipinski definition) is 3. The van der Waals surface area contributed by atoms with Gasteiger partial charge >= 0.3 is 6.03 Å². The molecule has 0 aliphatic carbocycles. The second kappa shape index (κ2) is 5.44. The number of aliphatic hydroxyl groups excluding tert-OH is 1. The largest absolute Gasteiger partial charge is 0.387 e. The predicted octanol–water partition coefficient (Wildman–Crippen LogP) is 1.83. The van der Waals surface area contributed by atoms with Gasteiger partial charge in [0.15, 0.2) is 0 Å². The molecule has 2 rings (SSSR count). The fraction of sp³-hybridized carbons (Fsp3) is 0.467. The first-order valence-corrected chi connectivity index (χ1v) is 6.83. The molecule has 0 aromatic heterocycles. The summed E-state index contributed by atoms with van der Waals surface area (Å²) in [5.74, 6) is -0.931. The van der Waals surface area contributed by atoms with Crippen LogP contribution in [0.4, 0.5) is 9.18 Å². The van der Waals surface area contributed by atoms with Crippen LogP contribution in [0.2, 0.25) is 0 Å². The zero-order chi connectivity index (χ0) is 15.8. The lowest BCUT2D eigenvalue weighted by molar-refractivity contribution is -0.133. The molecule has 21 heavy (non-hydrogen) atoms. The van der Waals surface area contributed by atoms with Crippen molar-refractivity contribution in [2.24, 2.45) is 5.92 Å². The summed E-state index contributed by atoms with van der Waals surface area (Å²) in [7, 11) is 0. The van der Waals surface area contributed by atoms with Crippen LogP contribution in [0.1, 0.15) is 32.4 Å². The van der Waals surface area contributed by atoms with Gasteiger partial charge in [-0.2, -0.15) is 0 Å². The van der Waals surface area contributed by atoms with Crippen molar-refractivity contribution in [3.63, 3.8) is 0 Å². The van der Waals surface area contributed by atoms with Gasteiger partial charge in [-0.1, -0.05) is 26.0 Å². The number of nitrogens with one attached hydrogen (secondary N) is 1. The van der Waals surface area contributed by atoms with Gasteiger partial charge in [0.1, 0.15) is 11.4 Å². The molecule has 1 aliphatic heterocycles. The fourth-order valence-corrected chi connectivity index (χ4v) is 2.26. The van der Waals surface area contributed by atoms with Crippen molar-refractivity contribution < 1.29 is 19.1 Å². The number of benzene rings is 1. The van der Waals surface area contributed by atoms with Crippen LogP contribution in [-0.4, -0.2) is 34.0 Å². The molecule has 1 aliphatic rings. The van der Waals surface area contributed by atoms with Gasteiger partial charge in [-0.3, -0.25) is 9.69 Å². The normalized spacial score (nSPS) is 23.6. The number of nitrogens with zero attached hydrogens (tertiary/aromatic N) is 1. The Morgan fingerprint density at radius 1 is 1.38 bits per heavy atom. The van der Waals surface area contributed by atoms with E-state index in [4.69, 9.17) is 0 Å². The molecule has 0 bridgehead atoms. The van der Waals surface area contributed by atoms with E-state index in [9.17, 15) is 19.1 Å². The first-order valence-electron chi connectivity index (χ1n) is 6.83. The van der Waals surface area contributed by atoms with Crippen molar-refractivity contribution in [1.29, 1.82) is 0 Å². The van der Waals surface area contributed by atoms with Gasteiger partial charge in [0.05, 0.1) is 12.6 Å². The molecule has 1 saturated heterocycles. The molecule has 0 saturated carbocycles. The van der Waals surface area contributed by atoms with E-state index in [2.05, 4.69) is 5.32 Å². The average Bonchev–Trinajstić information content (AvgIpc) is 2.63. The Hall–Kier alpha value is -1.95. The lowest BCUT2D eigenvalue weighted by Crippen LogP contribution is -2.48. The zero-order valence-corrected chi connectivity index (χ0v) is 12.3. The van der Waals surface area contributed by atoms with Crippen LogP contribution in [0.3, 0.4) is 0 Å². The van der Waals surface area contributed by atoms with Crippen LogP contribution in [0.25, 0.3) is 0 Å². The molecule has 1 fully saturated rings. The number of halogens is 1. The molecule has 5 nitrogen and oxygen atoms in total. The molecule has 0 radical (unpaired) electrons. The Balaban J connectivity index is 2.16. The van der Waals surface area contributed by atoms with Gasteiger partial charge in [-0.15, -0.1) is 0 Å². The van der Waals surface area contributed by atoms with Gasteiger partial charge in [0, 0.05) is 0 Å². The molecule has 3 amide bonds. The predicted molar refractivity (Wildman–Crippen MR) is 74.8 cm³/mol. The topological polar surface area (TPSA) is 69.6 Å². The van der Waals surface area contributed by atoms with E-state index >= 15 is 0 Å². The Kier molecular flexibility index (Phi) is 4.00. The SMILES string of the molecule is CC(C)[C@]1(C)NC(=O)N(C[C@H](O)c2cccc(F)c2)C1=O. The van der Waals surface area contributed by atoms with E-state index in [0.717, 1.165) is 4.90 Å². The van der Waals surface area contributed by atoms with E-state index in [1.807, 2.05) is 13.8 Å². The summed E-state index contributed by atoms with van der Waals surface area (Å²) < 4.78 is 13.2. The molecule has 1 aromatic rings. The van der Waals surface area contributed by atoms with E-state index < -0.39 is 23.5 Å². The van der Waals surface area contributed by atoms with Gasteiger partial charge < -0.3 is 10.4 Å². The first-order chi connectivity index (χ1) is 9.75. The van der Waals surface area contributed by atoms with Crippen molar-refractivity contribution in [3.05, 3.63) is 35.6 Å². The fourth-order valence-electron chi connectivity index (χ4n) is 2.26. The number of β-amino-alcohol motifs (C(OH)–C–C–N with tert-alkyl or cyclic N) is 1. The van der Waals surface area contributed by atoms with E-state index in [0.29, 0.717) is 5.56 Å². The molecule has 1 heterocycles. The Morgan fingerprint density at radius 2 is 2.05 bits per heavy atom. The number of aliphatic hydroxyl groups is 1. The minimum absolute atomic E-state index is 0.0785. The van der Waals surface area contributed by atoms with Gasteiger partial charge in [0.2, 0.25) is 0 Å². The third kappa shape index (κ3) is 2.76. The molecule has 6 heteroatoms. The number of rotatable bonds is 4. The number of hydrogen-bond donors (Lipinski definition) is 2. The van der Waals surface area contributed by atoms with Crippen LogP contribution in [0.15, 0.2) is 24.3 Å².